The largest absolute Gasteiger partial charge is 0.341 e. The summed E-state index contributed by atoms with van der Waals surface area (Å²) in [5, 5.41) is 2.60. The molecule has 2 fully saturated rings. The lowest BCUT2D eigenvalue weighted by molar-refractivity contribution is -0.134. The van der Waals surface area contributed by atoms with Crippen molar-refractivity contribution in [3.63, 3.8) is 0 Å². The van der Waals surface area contributed by atoms with Crippen molar-refractivity contribution in [2.45, 2.75) is 37.6 Å². The predicted octanol–water partition coefficient (Wildman–Crippen LogP) is 0.996. The fourth-order valence-electron chi connectivity index (χ4n) is 2.22. The summed E-state index contributed by atoms with van der Waals surface area (Å²) in [6.45, 7) is 1.09. The lowest BCUT2D eigenvalue weighted by atomic mass is 10.1. The summed E-state index contributed by atoms with van der Waals surface area (Å²) in [5.41, 5.74) is 0. The van der Waals surface area contributed by atoms with Gasteiger partial charge in [0.15, 0.2) is 0 Å². The van der Waals surface area contributed by atoms with Crippen molar-refractivity contribution >= 4 is 5.91 Å². The molecule has 15 heavy (non-hydrogen) atoms. The first kappa shape index (κ1) is 10.8. The number of hydrogen-bond donors (Lipinski definition) is 1. The van der Waals surface area contributed by atoms with Crippen LogP contribution >= 0.6 is 0 Å². The van der Waals surface area contributed by atoms with Crippen LogP contribution in [-0.4, -0.2) is 42.4 Å². The highest BCUT2D eigenvalue weighted by Gasteiger charge is 2.43. The second-order valence-corrected chi connectivity index (χ2v) is 4.38. The summed E-state index contributed by atoms with van der Waals surface area (Å²) in [4.78, 5) is 13.5. The molecule has 0 aliphatic carbocycles. The van der Waals surface area contributed by atoms with Gasteiger partial charge in [0.1, 0.15) is 0 Å². The van der Waals surface area contributed by atoms with E-state index < -0.39 is 12.0 Å². The third kappa shape index (κ3) is 2.45. The molecule has 0 aromatic heterocycles. The number of hydrogen-bond acceptors (Lipinski definition) is 2. The Kier molecular flexibility index (Phi) is 2.91. The summed E-state index contributed by atoms with van der Waals surface area (Å²) in [6, 6.07) is -0.668. The van der Waals surface area contributed by atoms with Crippen LogP contribution in [0.3, 0.4) is 0 Å². The third-order valence-corrected chi connectivity index (χ3v) is 3.08. The maximum atomic E-state index is 12.9. The van der Waals surface area contributed by atoms with Gasteiger partial charge >= 0.3 is 0 Å². The number of nitrogens with zero attached hydrogens (tertiary/aromatic N) is 1. The molecular weight excluding hydrogens is 202 g/mol. The Hall–Kier alpha value is -0.710. The molecule has 2 aliphatic rings. The molecule has 86 valence electrons. The first-order valence-corrected chi connectivity index (χ1v) is 5.48. The zero-order valence-corrected chi connectivity index (χ0v) is 8.64. The van der Waals surface area contributed by atoms with E-state index in [1.54, 1.807) is 4.90 Å². The molecule has 1 atom stereocenters. The van der Waals surface area contributed by atoms with E-state index in [0.717, 1.165) is 32.4 Å². The van der Waals surface area contributed by atoms with Crippen LogP contribution in [0.1, 0.15) is 25.7 Å². The van der Waals surface area contributed by atoms with E-state index in [1.807, 2.05) is 0 Å². The lowest BCUT2D eigenvalue weighted by Crippen LogP contribution is -2.45. The maximum absolute atomic E-state index is 12.9. The van der Waals surface area contributed by atoms with Gasteiger partial charge in [0.2, 0.25) is 5.91 Å². The third-order valence-electron chi connectivity index (χ3n) is 3.08. The number of nitrogens with one attached hydrogen (secondary N) is 1. The van der Waals surface area contributed by atoms with E-state index in [2.05, 4.69) is 5.32 Å². The topological polar surface area (TPSA) is 32.3 Å². The zero-order valence-electron chi connectivity index (χ0n) is 8.64. The van der Waals surface area contributed by atoms with Crippen molar-refractivity contribution in [2.24, 2.45) is 0 Å². The molecule has 2 saturated heterocycles. The first-order chi connectivity index (χ1) is 7.08. The number of amides is 1. The van der Waals surface area contributed by atoms with Crippen molar-refractivity contribution in [3.05, 3.63) is 0 Å². The highest BCUT2D eigenvalue weighted by Crippen LogP contribution is 2.26. The van der Waals surface area contributed by atoms with Crippen molar-refractivity contribution in [1.82, 2.24) is 10.2 Å². The molecule has 3 nitrogen and oxygen atoms in total. The molecule has 0 radical (unpaired) electrons. The molecule has 1 amide bonds. The SMILES string of the molecule is O=C([C@@H]1CC(F)(F)CN1)N1CCCCC1. The average molecular weight is 218 g/mol. The van der Waals surface area contributed by atoms with Gasteiger partial charge in [0.25, 0.3) is 5.92 Å². The Morgan fingerprint density at radius 1 is 1.27 bits per heavy atom. The molecule has 0 saturated carbocycles. The summed E-state index contributed by atoms with van der Waals surface area (Å²) < 4.78 is 25.8. The van der Waals surface area contributed by atoms with Crippen molar-refractivity contribution in [2.75, 3.05) is 19.6 Å². The smallest absolute Gasteiger partial charge is 0.262 e. The van der Waals surface area contributed by atoms with E-state index in [9.17, 15) is 13.6 Å². The number of piperidine rings is 1. The van der Waals surface area contributed by atoms with E-state index in [4.69, 9.17) is 0 Å². The summed E-state index contributed by atoms with van der Waals surface area (Å²) in [5.74, 6) is -2.86. The minimum atomic E-state index is -2.71. The molecule has 0 aromatic carbocycles. The lowest BCUT2D eigenvalue weighted by Gasteiger charge is -2.29. The Morgan fingerprint density at radius 3 is 2.47 bits per heavy atom. The van der Waals surface area contributed by atoms with Crippen LogP contribution in [0.5, 0.6) is 0 Å². The molecule has 0 spiro atoms. The molecule has 0 bridgehead atoms. The maximum Gasteiger partial charge on any atom is 0.262 e. The summed E-state index contributed by atoms with van der Waals surface area (Å²) >= 11 is 0. The van der Waals surface area contributed by atoms with Gasteiger partial charge in [-0.05, 0) is 19.3 Å². The van der Waals surface area contributed by atoms with Crippen LogP contribution in [0.25, 0.3) is 0 Å². The Labute approximate surface area is 87.8 Å². The zero-order chi connectivity index (χ0) is 10.9. The molecular formula is C10H16F2N2O. The Bertz CT molecular complexity index is 252. The van der Waals surface area contributed by atoms with E-state index in [1.165, 1.54) is 0 Å². The number of carbonyl (C=O) groups is 1. The van der Waals surface area contributed by atoms with Crippen molar-refractivity contribution in [3.8, 4) is 0 Å². The summed E-state index contributed by atoms with van der Waals surface area (Å²) in [6.07, 6.45) is 2.78. The summed E-state index contributed by atoms with van der Waals surface area (Å²) in [7, 11) is 0. The quantitative estimate of drug-likeness (QED) is 0.712. The van der Waals surface area contributed by atoms with Gasteiger partial charge in [-0.25, -0.2) is 8.78 Å². The molecule has 2 heterocycles. The molecule has 2 rings (SSSR count). The van der Waals surface area contributed by atoms with Gasteiger partial charge in [-0.1, -0.05) is 0 Å². The fraction of sp³-hybridized carbons (Fsp3) is 0.900. The van der Waals surface area contributed by atoms with Crippen LogP contribution in [0.4, 0.5) is 8.78 Å². The van der Waals surface area contributed by atoms with Gasteiger partial charge in [-0.15, -0.1) is 0 Å². The standard InChI is InChI=1S/C10H16F2N2O/c11-10(12)6-8(13-7-10)9(15)14-4-2-1-3-5-14/h8,13H,1-7H2/t8-/m0/s1. The van der Waals surface area contributed by atoms with Gasteiger partial charge in [-0.2, -0.15) is 0 Å². The van der Waals surface area contributed by atoms with Crippen molar-refractivity contribution in [1.29, 1.82) is 0 Å². The Balaban J connectivity index is 1.90. The number of carbonyl (C=O) groups excluding carboxylic acids is 1. The minimum absolute atomic E-state index is 0.146. The van der Waals surface area contributed by atoms with Gasteiger partial charge in [-0.3, -0.25) is 10.1 Å². The molecule has 0 unspecified atom stereocenters. The normalized spacial score (nSPS) is 30.5. The first-order valence-electron chi connectivity index (χ1n) is 5.48. The number of halogens is 2. The van der Waals surface area contributed by atoms with E-state index >= 15 is 0 Å². The van der Waals surface area contributed by atoms with Gasteiger partial charge in [0.05, 0.1) is 12.6 Å². The molecule has 0 aromatic rings. The molecule has 5 heteroatoms. The predicted molar refractivity (Wildman–Crippen MR) is 51.8 cm³/mol. The van der Waals surface area contributed by atoms with Gasteiger partial charge in [0, 0.05) is 19.5 Å². The second-order valence-electron chi connectivity index (χ2n) is 4.38. The highest BCUT2D eigenvalue weighted by atomic mass is 19.3. The molecule has 1 N–H and O–H groups in total. The van der Waals surface area contributed by atoms with Crippen LogP contribution in [0.2, 0.25) is 0 Å². The number of alkyl halides is 2. The van der Waals surface area contributed by atoms with E-state index in [0.29, 0.717) is 0 Å². The van der Waals surface area contributed by atoms with Crippen molar-refractivity contribution < 1.29 is 13.6 Å². The minimum Gasteiger partial charge on any atom is -0.341 e. The number of rotatable bonds is 1. The van der Waals surface area contributed by atoms with E-state index in [-0.39, 0.29) is 18.9 Å². The van der Waals surface area contributed by atoms with Crippen LogP contribution < -0.4 is 5.32 Å². The monoisotopic (exact) mass is 218 g/mol. The average Bonchev–Trinajstić information content (AvgIpc) is 2.59. The van der Waals surface area contributed by atoms with Crippen LogP contribution in [0, 0.1) is 0 Å². The molecule has 2 aliphatic heterocycles. The fourth-order valence-corrected chi connectivity index (χ4v) is 2.22. The van der Waals surface area contributed by atoms with Crippen LogP contribution in [0.15, 0.2) is 0 Å². The van der Waals surface area contributed by atoms with Gasteiger partial charge < -0.3 is 4.90 Å². The highest BCUT2D eigenvalue weighted by molar-refractivity contribution is 5.82. The van der Waals surface area contributed by atoms with Crippen LogP contribution in [-0.2, 0) is 4.79 Å². The second kappa shape index (κ2) is 4.04. The number of likely N-dealkylation sites (tertiary alicyclic amines) is 1. The Morgan fingerprint density at radius 2 is 1.93 bits per heavy atom.